The second-order valence-corrected chi connectivity index (χ2v) is 3.20. The van der Waals surface area contributed by atoms with Gasteiger partial charge in [-0.3, -0.25) is 0 Å². The van der Waals surface area contributed by atoms with Gasteiger partial charge in [-0.25, -0.2) is 4.79 Å². The molecule has 0 heterocycles. The number of carbonyl (C=O) groups excluding carboxylic acids is 1. The fraction of sp³-hybridized carbons (Fsp3) is 0.364. The third-order valence-corrected chi connectivity index (χ3v) is 1.88. The monoisotopic (exact) mass is 193 g/mol. The van der Waals surface area contributed by atoms with Crippen LogP contribution in [0.5, 0.6) is 0 Å². The zero-order valence-electron chi connectivity index (χ0n) is 8.78. The summed E-state index contributed by atoms with van der Waals surface area (Å²) in [7, 11) is 3.37. The summed E-state index contributed by atoms with van der Waals surface area (Å²) in [6.45, 7) is 2.02. The molecule has 0 aliphatic rings. The first-order valence-corrected chi connectivity index (χ1v) is 4.62. The van der Waals surface area contributed by atoms with Crippen molar-refractivity contribution >= 4 is 5.97 Å². The van der Waals surface area contributed by atoms with Gasteiger partial charge in [0, 0.05) is 14.1 Å². The van der Waals surface area contributed by atoms with Crippen LogP contribution in [0.4, 0.5) is 0 Å². The van der Waals surface area contributed by atoms with Crippen LogP contribution in [-0.2, 0) is 11.3 Å². The third-order valence-electron chi connectivity index (χ3n) is 1.88. The van der Waals surface area contributed by atoms with Gasteiger partial charge in [-0.2, -0.15) is 0 Å². The Kier molecular flexibility index (Phi) is 3.65. The van der Waals surface area contributed by atoms with E-state index in [0.29, 0.717) is 5.56 Å². The van der Waals surface area contributed by atoms with E-state index in [-0.39, 0.29) is 5.97 Å². The standard InChI is InChI=1S/C11H15NO2/c1-4-9-7-5-6-8-10(9)11(13)14-12(2)3/h5-8H,4H2,1-3H3. The molecule has 3 heteroatoms. The molecule has 1 aromatic rings. The average molecular weight is 193 g/mol. The number of aryl methyl sites for hydroxylation is 1. The molecule has 0 unspecified atom stereocenters. The van der Waals surface area contributed by atoms with Gasteiger partial charge in [-0.05, 0) is 18.1 Å². The number of benzene rings is 1. The number of hydroxylamine groups is 2. The van der Waals surface area contributed by atoms with Gasteiger partial charge in [0.1, 0.15) is 0 Å². The van der Waals surface area contributed by atoms with Gasteiger partial charge < -0.3 is 4.84 Å². The van der Waals surface area contributed by atoms with Crippen LogP contribution >= 0.6 is 0 Å². The lowest BCUT2D eigenvalue weighted by Gasteiger charge is -2.11. The summed E-state index contributed by atoms with van der Waals surface area (Å²) >= 11 is 0. The zero-order chi connectivity index (χ0) is 10.6. The Morgan fingerprint density at radius 2 is 2.00 bits per heavy atom. The quantitative estimate of drug-likeness (QED) is 0.686. The molecule has 1 rings (SSSR count). The van der Waals surface area contributed by atoms with E-state index in [4.69, 9.17) is 4.84 Å². The smallest absolute Gasteiger partial charge is 0.357 e. The van der Waals surface area contributed by atoms with Crippen LogP contribution in [0.2, 0.25) is 0 Å². The maximum Gasteiger partial charge on any atom is 0.357 e. The van der Waals surface area contributed by atoms with Crippen molar-refractivity contribution < 1.29 is 9.63 Å². The molecule has 0 atom stereocenters. The molecule has 0 spiro atoms. The molecule has 0 aliphatic carbocycles. The van der Waals surface area contributed by atoms with Crippen molar-refractivity contribution in [2.24, 2.45) is 0 Å². The van der Waals surface area contributed by atoms with E-state index in [0.717, 1.165) is 12.0 Å². The van der Waals surface area contributed by atoms with Gasteiger partial charge in [0.15, 0.2) is 0 Å². The highest BCUT2D eigenvalue weighted by Crippen LogP contribution is 2.10. The Labute approximate surface area is 84.2 Å². The van der Waals surface area contributed by atoms with E-state index in [2.05, 4.69) is 0 Å². The molecule has 0 N–H and O–H groups in total. The minimum absolute atomic E-state index is 0.299. The highest BCUT2D eigenvalue weighted by Gasteiger charge is 2.11. The molecule has 0 amide bonds. The summed E-state index contributed by atoms with van der Waals surface area (Å²) in [4.78, 5) is 16.5. The zero-order valence-corrected chi connectivity index (χ0v) is 8.78. The van der Waals surface area contributed by atoms with Crippen LogP contribution in [0.15, 0.2) is 24.3 Å². The third kappa shape index (κ3) is 2.57. The van der Waals surface area contributed by atoms with Gasteiger partial charge in [0.25, 0.3) is 0 Å². The number of carbonyl (C=O) groups is 1. The molecule has 3 nitrogen and oxygen atoms in total. The van der Waals surface area contributed by atoms with E-state index in [9.17, 15) is 4.79 Å². The van der Waals surface area contributed by atoms with Crippen molar-refractivity contribution in [2.75, 3.05) is 14.1 Å². The van der Waals surface area contributed by atoms with Crippen LogP contribution in [0.3, 0.4) is 0 Å². The summed E-state index contributed by atoms with van der Waals surface area (Å²) in [5.74, 6) is -0.299. The van der Waals surface area contributed by atoms with Crippen LogP contribution in [0, 0.1) is 0 Å². The van der Waals surface area contributed by atoms with Gasteiger partial charge >= 0.3 is 5.97 Å². The molecule has 0 saturated carbocycles. The molecule has 0 aliphatic heterocycles. The van der Waals surface area contributed by atoms with Crippen molar-refractivity contribution in [1.82, 2.24) is 5.06 Å². The molecule has 0 fully saturated rings. The Bertz CT molecular complexity index is 321. The van der Waals surface area contributed by atoms with Crippen molar-refractivity contribution in [3.63, 3.8) is 0 Å². The van der Waals surface area contributed by atoms with E-state index in [1.807, 2.05) is 25.1 Å². The summed E-state index contributed by atoms with van der Waals surface area (Å²) in [6, 6.07) is 7.48. The summed E-state index contributed by atoms with van der Waals surface area (Å²) in [5, 5.41) is 1.40. The predicted molar refractivity (Wildman–Crippen MR) is 54.9 cm³/mol. The maximum absolute atomic E-state index is 11.6. The minimum Gasteiger partial charge on any atom is -0.364 e. The van der Waals surface area contributed by atoms with Crippen LogP contribution in [0.1, 0.15) is 22.8 Å². The molecular formula is C11H15NO2. The minimum atomic E-state index is -0.299. The van der Waals surface area contributed by atoms with Gasteiger partial charge in [0.05, 0.1) is 5.56 Å². The summed E-state index contributed by atoms with van der Waals surface area (Å²) in [6.07, 6.45) is 0.832. The van der Waals surface area contributed by atoms with E-state index < -0.39 is 0 Å². The molecule has 0 bridgehead atoms. The Balaban J connectivity index is 2.88. The van der Waals surface area contributed by atoms with Gasteiger partial charge in [0.2, 0.25) is 0 Å². The normalized spacial score (nSPS) is 10.3. The number of nitrogens with zero attached hydrogens (tertiary/aromatic N) is 1. The molecular weight excluding hydrogens is 178 g/mol. The topological polar surface area (TPSA) is 29.5 Å². The molecule has 0 saturated heterocycles. The lowest BCUT2D eigenvalue weighted by atomic mass is 10.1. The van der Waals surface area contributed by atoms with E-state index >= 15 is 0 Å². The van der Waals surface area contributed by atoms with Crippen molar-refractivity contribution in [3.05, 3.63) is 35.4 Å². The fourth-order valence-corrected chi connectivity index (χ4v) is 1.24. The Morgan fingerprint density at radius 1 is 1.36 bits per heavy atom. The predicted octanol–water partition coefficient (Wildman–Crippen LogP) is 1.88. The fourth-order valence-electron chi connectivity index (χ4n) is 1.24. The van der Waals surface area contributed by atoms with Crippen molar-refractivity contribution in [1.29, 1.82) is 0 Å². The van der Waals surface area contributed by atoms with E-state index in [1.165, 1.54) is 5.06 Å². The van der Waals surface area contributed by atoms with Crippen LogP contribution in [0.25, 0.3) is 0 Å². The average Bonchev–Trinajstić information content (AvgIpc) is 2.16. The van der Waals surface area contributed by atoms with Crippen molar-refractivity contribution in [2.45, 2.75) is 13.3 Å². The summed E-state index contributed by atoms with van der Waals surface area (Å²) in [5.41, 5.74) is 1.66. The molecule has 0 radical (unpaired) electrons. The maximum atomic E-state index is 11.6. The van der Waals surface area contributed by atoms with Gasteiger partial charge in [-0.1, -0.05) is 25.1 Å². The van der Waals surface area contributed by atoms with E-state index in [1.54, 1.807) is 20.2 Å². The lowest BCUT2D eigenvalue weighted by molar-refractivity contribution is -0.0714. The van der Waals surface area contributed by atoms with Gasteiger partial charge in [-0.15, -0.1) is 5.06 Å². The highest BCUT2D eigenvalue weighted by atomic mass is 16.7. The van der Waals surface area contributed by atoms with Crippen LogP contribution < -0.4 is 0 Å². The largest absolute Gasteiger partial charge is 0.364 e. The first-order valence-electron chi connectivity index (χ1n) is 4.62. The highest BCUT2D eigenvalue weighted by molar-refractivity contribution is 5.90. The number of hydrogen-bond donors (Lipinski definition) is 0. The SMILES string of the molecule is CCc1ccccc1C(=O)ON(C)C. The summed E-state index contributed by atoms with van der Waals surface area (Å²) < 4.78 is 0. The number of rotatable bonds is 3. The second-order valence-electron chi connectivity index (χ2n) is 3.20. The molecule has 76 valence electrons. The van der Waals surface area contributed by atoms with Crippen molar-refractivity contribution in [3.8, 4) is 0 Å². The van der Waals surface area contributed by atoms with Crippen LogP contribution in [-0.4, -0.2) is 25.1 Å². The second kappa shape index (κ2) is 4.77. The Morgan fingerprint density at radius 3 is 2.57 bits per heavy atom. The Hall–Kier alpha value is -1.35. The number of hydrogen-bond acceptors (Lipinski definition) is 3. The first kappa shape index (κ1) is 10.7. The molecule has 0 aromatic heterocycles. The molecule has 1 aromatic carbocycles. The first-order chi connectivity index (χ1) is 6.65. The molecule has 14 heavy (non-hydrogen) atoms. The lowest BCUT2D eigenvalue weighted by Crippen LogP contribution is -2.19.